The lowest BCUT2D eigenvalue weighted by molar-refractivity contribution is 0.233. The molecule has 0 aliphatic rings. The van der Waals surface area contributed by atoms with Crippen molar-refractivity contribution in [3.05, 3.63) is 37.1 Å². The molecular formula is C12H14N4O2. The normalized spacial score (nSPS) is 10.4. The minimum Gasteiger partial charge on any atom is -0.473 e. The van der Waals surface area contributed by atoms with Crippen LogP contribution in [0.15, 0.2) is 37.1 Å². The van der Waals surface area contributed by atoms with Crippen molar-refractivity contribution >= 4 is 11.7 Å². The van der Waals surface area contributed by atoms with Gasteiger partial charge in [0.2, 0.25) is 5.88 Å². The van der Waals surface area contributed by atoms with Gasteiger partial charge in [-0.1, -0.05) is 0 Å². The highest BCUT2D eigenvalue weighted by Crippen LogP contribution is 2.21. The number of aromatic nitrogens is 3. The number of pyridine rings is 1. The number of rotatable bonds is 3. The number of hydrogen-bond acceptors (Lipinski definition) is 4. The first-order chi connectivity index (χ1) is 8.66. The summed E-state index contributed by atoms with van der Waals surface area (Å²) in [5.74, 6) is 0.404. The molecule has 0 atom stereocenters. The number of nitrogens with zero attached hydrogens (tertiary/aromatic N) is 3. The van der Waals surface area contributed by atoms with Crippen molar-refractivity contribution in [3.8, 4) is 5.88 Å². The van der Waals surface area contributed by atoms with E-state index in [-0.39, 0.29) is 12.1 Å². The Balaban J connectivity index is 2.16. The molecule has 1 amide bonds. The highest BCUT2D eigenvalue weighted by Gasteiger charge is 2.10. The Hall–Kier alpha value is -2.37. The molecule has 0 aliphatic heterocycles. The molecular weight excluding hydrogens is 232 g/mol. The summed E-state index contributed by atoms with van der Waals surface area (Å²) in [6, 6.07) is 3.16. The summed E-state index contributed by atoms with van der Waals surface area (Å²) in [6.07, 6.45) is 6.13. The predicted octanol–water partition coefficient (Wildman–Crippen LogP) is 2.15. The quantitative estimate of drug-likeness (QED) is 0.900. The van der Waals surface area contributed by atoms with E-state index >= 15 is 0 Å². The van der Waals surface area contributed by atoms with Crippen molar-refractivity contribution in [2.24, 2.45) is 0 Å². The lowest BCUT2D eigenvalue weighted by atomic mass is 10.4. The maximum absolute atomic E-state index is 11.8. The van der Waals surface area contributed by atoms with Gasteiger partial charge in [-0.05, 0) is 26.0 Å². The number of hydrogen-bond donors (Lipinski definition) is 1. The van der Waals surface area contributed by atoms with E-state index in [1.807, 2.05) is 13.8 Å². The second-order valence-corrected chi connectivity index (χ2v) is 3.92. The Bertz CT molecular complexity index is 523. The van der Waals surface area contributed by atoms with Crippen LogP contribution in [0.25, 0.3) is 0 Å². The van der Waals surface area contributed by atoms with E-state index in [1.54, 1.807) is 24.5 Å². The monoisotopic (exact) mass is 246 g/mol. The lowest BCUT2D eigenvalue weighted by Crippen LogP contribution is -2.19. The molecule has 0 aromatic carbocycles. The van der Waals surface area contributed by atoms with Crippen molar-refractivity contribution in [2.45, 2.75) is 20.0 Å². The van der Waals surface area contributed by atoms with E-state index in [0.29, 0.717) is 11.6 Å². The number of imidazole rings is 1. The number of nitrogens with one attached hydrogen (secondary N) is 1. The van der Waals surface area contributed by atoms with Crippen LogP contribution in [0.5, 0.6) is 5.88 Å². The van der Waals surface area contributed by atoms with Crippen molar-refractivity contribution in [1.82, 2.24) is 14.5 Å². The van der Waals surface area contributed by atoms with Gasteiger partial charge in [0.25, 0.3) is 0 Å². The summed E-state index contributed by atoms with van der Waals surface area (Å²) >= 11 is 0. The van der Waals surface area contributed by atoms with Crippen molar-refractivity contribution in [2.75, 3.05) is 5.32 Å². The molecule has 94 valence electrons. The van der Waals surface area contributed by atoms with Crippen LogP contribution in [0.1, 0.15) is 13.8 Å². The Labute approximate surface area is 105 Å². The molecule has 0 bridgehead atoms. The summed E-state index contributed by atoms with van der Waals surface area (Å²) in [7, 11) is 0. The van der Waals surface area contributed by atoms with Crippen LogP contribution in [0.3, 0.4) is 0 Å². The highest BCUT2D eigenvalue weighted by molar-refractivity contribution is 5.91. The van der Waals surface area contributed by atoms with Gasteiger partial charge >= 0.3 is 6.03 Å². The molecule has 6 heteroatoms. The Morgan fingerprint density at radius 2 is 2.28 bits per heavy atom. The zero-order chi connectivity index (χ0) is 13.0. The molecule has 0 aliphatic carbocycles. The minimum absolute atomic E-state index is 0.0104. The fraction of sp³-hybridized carbons (Fsp3) is 0.250. The van der Waals surface area contributed by atoms with Gasteiger partial charge in [-0.2, -0.15) is 0 Å². The second kappa shape index (κ2) is 5.31. The molecule has 2 rings (SSSR count). The van der Waals surface area contributed by atoms with Gasteiger partial charge < -0.3 is 10.1 Å². The largest absolute Gasteiger partial charge is 0.473 e. The van der Waals surface area contributed by atoms with E-state index in [4.69, 9.17) is 4.74 Å². The van der Waals surface area contributed by atoms with Gasteiger partial charge in [0.15, 0.2) is 0 Å². The first-order valence-electron chi connectivity index (χ1n) is 5.58. The third kappa shape index (κ3) is 2.85. The summed E-state index contributed by atoms with van der Waals surface area (Å²) in [5, 5.41) is 2.71. The van der Waals surface area contributed by atoms with E-state index < -0.39 is 0 Å². The summed E-state index contributed by atoms with van der Waals surface area (Å²) in [6.45, 7) is 3.80. The maximum Gasteiger partial charge on any atom is 0.331 e. The number of ether oxygens (including phenoxy) is 1. The summed E-state index contributed by atoms with van der Waals surface area (Å²) < 4.78 is 6.85. The third-order valence-electron chi connectivity index (χ3n) is 2.10. The van der Waals surface area contributed by atoms with E-state index in [1.165, 1.54) is 17.1 Å². The van der Waals surface area contributed by atoms with Crippen LogP contribution in [0.4, 0.5) is 10.5 Å². The van der Waals surface area contributed by atoms with Crippen LogP contribution in [0, 0.1) is 0 Å². The molecule has 0 fully saturated rings. The molecule has 1 N–H and O–H groups in total. The number of carbonyl (C=O) groups is 1. The van der Waals surface area contributed by atoms with Crippen molar-refractivity contribution < 1.29 is 9.53 Å². The van der Waals surface area contributed by atoms with Crippen LogP contribution >= 0.6 is 0 Å². The number of anilines is 1. The fourth-order valence-electron chi connectivity index (χ4n) is 1.36. The SMILES string of the molecule is CC(C)Oc1ncccc1NC(=O)n1ccnc1. The van der Waals surface area contributed by atoms with Gasteiger partial charge in [-0.25, -0.2) is 14.8 Å². The van der Waals surface area contributed by atoms with Gasteiger partial charge in [-0.15, -0.1) is 0 Å². The third-order valence-corrected chi connectivity index (χ3v) is 2.10. The highest BCUT2D eigenvalue weighted by atomic mass is 16.5. The van der Waals surface area contributed by atoms with Crippen molar-refractivity contribution in [3.63, 3.8) is 0 Å². The van der Waals surface area contributed by atoms with Crippen LogP contribution < -0.4 is 10.1 Å². The van der Waals surface area contributed by atoms with Crippen LogP contribution in [-0.4, -0.2) is 26.7 Å². The summed E-state index contributed by atoms with van der Waals surface area (Å²) in [4.78, 5) is 19.7. The molecule has 2 aromatic rings. The molecule has 2 heterocycles. The fourth-order valence-corrected chi connectivity index (χ4v) is 1.36. The molecule has 2 aromatic heterocycles. The van der Waals surface area contributed by atoms with Gasteiger partial charge in [0.05, 0.1) is 6.10 Å². The van der Waals surface area contributed by atoms with Crippen molar-refractivity contribution in [1.29, 1.82) is 0 Å². The Morgan fingerprint density at radius 1 is 1.44 bits per heavy atom. The molecule has 0 unspecified atom stereocenters. The molecule has 0 saturated carbocycles. The number of amides is 1. The standard InChI is InChI=1S/C12H14N4O2/c1-9(2)18-11-10(4-3-5-14-11)15-12(17)16-7-6-13-8-16/h3-9H,1-2H3,(H,15,17). The Morgan fingerprint density at radius 3 is 2.94 bits per heavy atom. The molecule has 18 heavy (non-hydrogen) atoms. The average Bonchev–Trinajstić information content (AvgIpc) is 2.84. The van der Waals surface area contributed by atoms with Crippen LogP contribution in [0.2, 0.25) is 0 Å². The smallest absolute Gasteiger partial charge is 0.331 e. The van der Waals surface area contributed by atoms with Gasteiger partial charge in [0, 0.05) is 18.6 Å². The predicted molar refractivity (Wildman–Crippen MR) is 66.6 cm³/mol. The maximum atomic E-state index is 11.8. The second-order valence-electron chi connectivity index (χ2n) is 3.92. The molecule has 6 nitrogen and oxygen atoms in total. The van der Waals surface area contributed by atoms with Gasteiger partial charge in [0.1, 0.15) is 12.0 Å². The zero-order valence-corrected chi connectivity index (χ0v) is 10.2. The van der Waals surface area contributed by atoms with Gasteiger partial charge in [-0.3, -0.25) is 4.57 Å². The first kappa shape index (κ1) is 12.1. The number of carbonyl (C=O) groups excluding carboxylic acids is 1. The lowest BCUT2D eigenvalue weighted by Gasteiger charge is -2.13. The molecule has 0 radical (unpaired) electrons. The average molecular weight is 246 g/mol. The molecule has 0 spiro atoms. The van der Waals surface area contributed by atoms with E-state index in [0.717, 1.165) is 0 Å². The molecule has 0 saturated heterocycles. The zero-order valence-electron chi connectivity index (χ0n) is 10.2. The van der Waals surface area contributed by atoms with E-state index in [2.05, 4.69) is 15.3 Å². The first-order valence-corrected chi connectivity index (χ1v) is 5.58. The van der Waals surface area contributed by atoms with Crippen LogP contribution in [-0.2, 0) is 0 Å². The minimum atomic E-state index is -0.311. The Kier molecular flexibility index (Phi) is 3.57. The summed E-state index contributed by atoms with van der Waals surface area (Å²) in [5.41, 5.74) is 0.532. The topological polar surface area (TPSA) is 69.0 Å². The van der Waals surface area contributed by atoms with E-state index in [9.17, 15) is 4.79 Å².